The van der Waals surface area contributed by atoms with Crippen LogP contribution in [0.1, 0.15) is 10.4 Å². The van der Waals surface area contributed by atoms with Crippen molar-refractivity contribution in [2.24, 2.45) is 7.05 Å². The molecule has 5 heteroatoms. The fourth-order valence-corrected chi connectivity index (χ4v) is 2.10. The Bertz CT molecular complexity index is 676. The fraction of sp³-hybridized carbons (Fsp3) is 0.231. The minimum absolute atomic E-state index is 0.0930. The van der Waals surface area contributed by atoms with E-state index < -0.39 is 0 Å². The lowest BCUT2D eigenvalue weighted by atomic mass is 10.0. The average Bonchev–Trinajstić information content (AvgIpc) is 2.40. The smallest absolute Gasteiger partial charge is 0.250 e. The van der Waals surface area contributed by atoms with Crippen LogP contribution in [0.15, 0.2) is 29.1 Å². The van der Waals surface area contributed by atoms with E-state index in [0.29, 0.717) is 22.2 Å². The van der Waals surface area contributed by atoms with E-state index in [1.165, 1.54) is 17.7 Å². The zero-order valence-corrected chi connectivity index (χ0v) is 10.8. The van der Waals surface area contributed by atoms with Crippen molar-refractivity contribution < 1.29 is 9.53 Å². The molecule has 0 saturated carbocycles. The van der Waals surface area contributed by atoms with Gasteiger partial charge in [-0.15, -0.1) is 11.6 Å². The number of carbonyl (C=O) groups excluding carboxylic acids is 1. The predicted molar refractivity (Wildman–Crippen MR) is 70.8 cm³/mol. The molecule has 0 fully saturated rings. The number of ether oxygens (including phenoxy) is 1. The maximum Gasteiger partial charge on any atom is 0.250 e. The second kappa shape index (κ2) is 4.82. The molecule has 1 aromatic carbocycles. The molecule has 1 aromatic heterocycles. The van der Waals surface area contributed by atoms with E-state index in [4.69, 9.17) is 16.3 Å². The number of carbonyl (C=O) groups is 1. The number of aryl methyl sites for hydroxylation is 1. The molecule has 0 radical (unpaired) electrons. The largest absolute Gasteiger partial charge is 0.495 e. The summed E-state index contributed by atoms with van der Waals surface area (Å²) in [5.74, 6) is 0.281. The van der Waals surface area contributed by atoms with Crippen molar-refractivity contribution in [3.05, 3.63) is 40.2 Å². The molecule has 0 aliphatic heterocycles. The highest BCUT2D eigenvalue weighted by molar-refractivity contribution is 6.32. The van der Waals surface area contributed by atoms with E-state index in [-0.39, 0.29) is 17.2 Å². The molecule has 4 nitrogen and oxygen atoms in total. The molecule has 0 saturated heterocycles. The number of rotatable bonds is 3. The van der Waals surface area contributed by atoms with Crippen LogP contribution in [0.25, 0.3) is 10.9 Å². The van der Waals surface area contributed by atoms with Gasteiger partial charge in [-0.1, -0.05) is 0 Å². The second-order valence-corrected chi connectivity index (χ2v) is 4.13. The number of pyridine rings is 1. The average molecular weight is 266 g/mol. The first-order valence-corrected chi connectivity index (χ1v) is 5.89. The second-order valence-electron chi connectivity index (χ2n) is 3.87. The topological polar surface area (TPSA) is 48.3 Å². The Morgan fingerprint density at radius 3 is 2.67 bits per heavy atom. The number of Topliss-reactive ketones (excluding diaryl/α,β-unsaturated/α-hetero) is 1. The van der Waals surface area contributed by atoms with Crippen LogP contribution >= 0.6 is 11.6 Å². The monoisotopic (exact) mass is 265 g/mol. The Morgan fingerprint density at radius 1 is 1.33 bits per heavy atom. The zero-order valence-electron chi connectivity index (χ0n) is 10.1. The highest BCUT2D eigenvalue weighted by atomic mass is 35.5. The van der Waals surface area contributed by atoms with Gasteiger partial charge in [0.2, 0.25) is 0 Å². The van der Waals surface area contributed by atoms with Gasteiger partial charge in [-0.2, -0.15) is 0 Å². The normalized spacial score (nSPS) is 10.6. The van der Waals surface area contributed by atoms with Crippen molar-refractivity contribution in [3.8, 4) is 5.75 Å². The number of hydrogen-bond acceptors (Lipinski definition) is 3. The first-order valence-electron chi connectivity index (χ1n) is 5.36. The summed E-state index contributed by atoms with van der Waals surface area (Å²) in [6.45, 7) is 0. The van der Waals surface area contributed by atoms with Crippen molar-refractivity contribution >= 4 is 28.3 Å². The lowest BCUT2D eigenvalue weighted by Gasteiger charge is -2.12. The molecule has 0 spiro atoms. The summed E-state index contributed by atoms with van der Waals surface area (Å²) in [6.07, 6.45) is 0. The molecule has 2 rings (SSSR count). The third-order valence-corrected chi connectivity index (χ3v) is 3.12. The minimum Gasteiger partial charge on any atom is -0.495 e. The highest BCUT2D eigenvalue weighted by Crippen LogP contribution is 2.27. The molecule has 0 aliphatic rings. The Balaban J connectivity index is 2.92. The lowest BCUT2D eigenvalue weighted by Crippen LogP contribution is -2.17. The Hall–Kier alpha value is -1.81. The van der Waals surface area contributed by atoms with Crippen LogP contribution in [-0.2, 0) is 7.05 Å². The summed E-state index contributed by atoms with van der Waals surface area (Å²) < 4.78 is 6.69. The molecule has 1 heterocycles. The van der Waals surface area contributed by atoms with Gasteiger partial charge in [0.1, 0.15) is 5.75 Å². The first kappa shape index (κ1) is 12.6. The van der Waals surface area contributed by atoms with Gasteiger partial charge in [0.05, 0.1) is 18.5 Å². The van der Waals surface area contributed by atoms with Gasteiger partial charge >= 0.3 is 0 Å². The number of ketones is 1. The van der Waals surface area contributed by atoms with Crippen LogP contribution in [0, 0.1) is 0 Å². The molecule has 0 atom stereocenters. The molecule has 0 bridgehead atoms. The maximum atomic E-state index is 11.8. The van der Waals surface area contributed by atoms with Crippen molar-refractivity contribution in [2.45, 2.75) is 0 Å². The number of fused-ring (bicyclic) bond motifs is 1. The van der Waals surface area contributed by atoms with Gasteiger partial charge in [0, 0.05) is 24.1 Å². The number of methoxy groups -OCH3 is 1. The molecule has 0 aliphatic carbocycles. The Kier molecular flexibility index (Phi) is 3.39. The molecule has 18 heavy (non-hydrogen) atoms. The lowest BCUT2D eigenvalue weighted by molar-refractivity contribution is 0.102. The van der Waals surface area contributed by atoms with Crippen LogP contribution in [0.2, 0.25) is 0 Å². The fourth-order valence-electron chi connectivity index (χ4n) is 1.96. The molecule has 0 N–H and O–H groups in total. The zero-order chi connectivity index (χ0) is 13.3. The molecular weight excluding hydrogens is 254 g/mol. The van der Waals surface area contributed by atoms with Crippen LogP contribution < -0.4 is 10.3 Å². The molecule has 0 amide bonds. The van der Waals surface area contributed by atoms with Crippen LogP contribution in [-0.4, -0.2) is 23.3 Å². The number of nitrogens with zero attached hydrogens (tertiary/aromatic N) is 1. The van der Waals surface area contributed by atoms with E-state index in [1.54, 1.807) is 25.2 Å². The number of alkyl halides is 1. The van der Waals surface area contributed by atoms with Crippen molar-refractivity contribution in [1.29, 1.82) is 0 Å². The predicted octanol–water partition coefficient (Wildman–Crippen LogP) is 1.97. The van der Waals surface area contributed by atoms with Crippen LogP contribution in [0.5, 0.6) is 5.75 Å². The molecular formula is C13H12ClNO3. The van der Waals surface area contributed by atoms with E-state index in [1.807, 2.05) is 0 Å². The third kappa shape index (κ3) is 1.88. The molecule has 94 valence electrons. The number of aromatic nitrogens is 1. The van der Waals surface area contributed by atoms with Gasteiger partial charge in [-0.25, -0.2) is 0 Å². The van der Waals surface area contributed by atoms with Crippen LogP contribution in [0.3, 0.4) is 0 Å². The summed E-state index contributed by atoms with van der Waals surface area (Å²) in [5.41, 5.74) is 0.939. The maximum absolute atomic E-state index is 11.8. The van der Waals surface area contributed by atoms with E-state index in [9.17, 15) is 9.59 Å². The number of benzene rings is 1. The number of hydrogen-bond donors (Lipinski definition) is 0. The van der Waals surface area contributed by atoms with E-state index >= 15 is 0 Å². The van der Waals surface area contributed by atoms with Gasteiger partial charge in [0.25, 0.3) is 5.56 Å². The van der Waals surface area contributed by atoms with E-state index in [2.05, 4.69) is 0 Å². The Morgan fingerprint density at radius 2 is 2.06 bits per heavy atom. The summed E-state index contributed by atoms with van der Waals surface area (Å²) in [5, 5.41) is 0.669. The van der Waals surface area contributed by atoms with Gasteiger partial charge in [-0.05, 0) is 18.2 Å². The van der Waals surface area contributed by atoms with Crippen molar-refractivity contribution in [1.82, 2.24) is 4.57 Å². The summed E-state index contributed by atoms with van der Waals surface area (Å²) >= 11 is 5.58. The van der Waals surface area contributed by atoms with E-state index in [0.717, 1.165) is 0 Å². The van der Waals surface area contributed by atoms with Crippen molar-refractivity contribution in [3.63, 3.8) is 0 Å². The van der Waals surface area contributed by atoms with Crippen LogP contribution in [0.4, 0.5) is 0 Å². The molecule has 2 aromatic rings. The summed E-state index contributed by atoms with van der Waals surface area (Å²) in [6, 6.07) is 6.38. The highest BCUT2D eigenvalue weighted by Gasteiger charge is 2.14. The third-order valence-electron chi connectivity index (χ3n) is 2.88. The Labute approximate surface area is 109 Å². The van der Waals surface area contributed by atoms with Crippen molar-refractivity contribution in [2.75, 3.05) is 13.0 Å². The number of halogens is 1. The first-order chi connectivity index (χ1) is 8.60. The molecule has 0 unspecified atom stereocenters. The SMILES string of the molecule is COc1ccc(C(=O)CCl)c2ccc(=O)n(C)c12. The summed E-state index contributed by atoms with van der Waals surface area (Å²) in [7, 11) is 3.16. The quantitative estimate of drug-likeness (QED) is 0.630. The van der Waals surface area contributed by atoms with Gasteiger partial charge in [0.15, 0.2) is 5.78 Å². The van der Waals surface area contributed by atoms with Gasteiger partial charge < -0.3 is 9.30 Å². The van der Waals surface area contributed by atoms with Gasteiger partial charge in [-0.3, -0.25) is 9.59 Å². The standard InChI is InChI=1S/C13H12ClNO3/c1-15-12(17)6-4-9-8(10(16)7-14)3-5-11(18-2)13(9)15/h3-6H,7H2,1-2H3. The minimum atomic E-state index is -0.178. The summed E-state index contributed by atoms with van der Waals surface area (Å²) in [4.78, 5) is 23.4.